The number of aryl methyl sites for hydroxylation is 1. The molecule has 22 heavy (non-hydrogen) atoms. The van der Waals surface area contributed by atoms with Gasteiger partial charge in [0.1, 0.15) is 0 Å². The van der Waals surface area contributed by atoms with Gasteiger partial charge >= 0.3 is 0 Å². The van der Waals surface area contributed by atoms with E-state index in [0.29, 0.717) is 5.02 Å². The molecule has 1 heterocycles. The summed E-state index contributed by atoms with van der Waals surface area (Å²) < 4.78 is 2.07. The third-order valence-electron chi connectivity index (χ3n) is 2.83. The number of rotatable bonds is 5. The number of nitrogens with zero attached hydrogens (tertiary/aromatic N) is 2. The van der Waals surface area contributed by atoms with Crippen molar-refractivity contribution in [1.29, 1.82) is 0 Å². The van der Waals surface area contributed by atoms with Crippen LogP contribution < -0.4 is 10.9 Å². The van der Waals surface area contributed by atoms with E-state index in [0.717, 1.165) is 29.2 Å². The minimum absolute atomic E-state index is 0.168. The van der Waals surface area contributed by atoms with E-state index in [4.69, 9.17) is 11.6 Å². The predicted molar refractivity (Wildman–Crippen MR) is 87.7 cm³/mol. The van der Waals surface area contributed by atoms with Gasteiger partial charge in [0.25, 0.3) is 0 Å². The average molecular weight is 341 g/mol. The molecule has 8 heteroatoms. The predicted octanol–water partition coefficient (Wildman–Crippen LogP) is 2.36. The first-order valence-corrected chi connectivity index (χ1v) is 8.21. The zero-order valence-corrected chi connectivity index (χ0v) is 13.9. The molecule has 0 aliphatic heterocycles. The van der Waals surface area contributed by atoms with E-state index in [2.05, 4.69) is 27.3 Å². The van der Waals surface area contributed by atoms with Gasteiger partial charge in [0.15, 0.2) is 5.16 Å². The van der Waals surface area contributed by atoms with Crippen LogP contribution in [0.1, 0.15) is 20.3 Å². The molecule has 0 saturated heterocycles. The minimum atomic E-state index is -0.314. The first kappa shape index (κ1) is 16.6. The summed E-state index contributed by atoms with van der Waals surface area (Å²) in [6.45, 7) is 4.23. The molecule has 0 radical (unpaired) electrons. The van der Waals surface area contributed by atoms with Crippen LogP contribution in [0.15, 0.2) is 23.4 Å². The standard InChI is InChI=1S/C14H17ClN4O2S/c1-3-6-19-12-5-4-10(15)7-11(12)16-14(19)22-8-13(21)18-17-9(2)20/h4-5,7H,3,6,8H2,1-2H3,(H,17,20)(H,18,21). The Kier molecular flexibility index (Phi) is 5.68. The summed E-state index contributed by atoms with van der Waals surface area (Å²) in [5.74, 6) is -0.430. The molecular formula is C14H17ClN4O2S. The van der Waals surface area contributed by atoms with Gasteiger partial charge in [-0.25, -0.2) is 4.98 Å². The number of hydrogen-bond donors (Lipinski definition) is 2. The Labute approximate surface area is 137 Å². The number of amides is 2. The van der Waals surface area contributed by atoms with E-state index in [-0.39, 0.29) is 17.6 Å². The summed E-state index contributed by atoms with van der Waals surface area (Å²) in [6.07, 6.45) is 0.958. The normalized spacial score (nSPS) is 10.7. The van der Waals surface area contributed by atoms with Gasteiger partial charge in [-0.15, -0.1) is 0 Å². The van der Waals surface area contributed by atoms with Crippen LogP contribution in [0.5, 0.6) is 0 Å². The molecule has 0 bridgehead atoms. The Hall–Kier alpha value is -1.73. The van der Waals surface area contributed by atoms with Gasteiger partial charge in [-0.2, -0.15) is 0 Å². The van der Waals surface area contributed by atoms with Crippen molar-refractivity contribution in [3.8, 4) is 0 Å². The Morgan fingerprint density at radius 1 is 1.36 bits per heavy atom. The average Bonchev–Trinajstić information content (AvgIpc) is 2.80. The van der Waals surface area contributed by atoms with Crippen molar-refractivity contribution in [2.75, 3.05) is 5.75 Å². The van der Waals surface area contributed by atoms with Crippen molar-refractivity contribution in [2.45, 2.75) is 32.0 Å². The van der Waals surface area contributed by atoms with Crippen molar-refractivity contribution in [2.24, 2.45) is 0 Å². The topological polar surface area (TPSA) is 76.0 Å². The summed E-state index contributed by atoms with van der Waals surface area (Å²) in [5, 5.41) is 1.39. The molecule has 2 aromatic rings. The lowest BCUT2D eigenvalue weighted by Gasteiger charge is -2.07. The van der Waals surface area contributed by atoms with Crippen LogP contribution in [-0.2, 0) is 16.1 Å². The SMILES string of the molecule is CCCn1c(SCC(=O)NNC(C)=O)nc2cc(Cl)ccc21. The summed E-state index contributed by atoms with van der Waals surface area (Å²) >= 11 is 7.32. The first-order valence-electron chi connectivity index (χ1n) is 6.85. The highest BCUT2D eigenvalue weighted by Crippen LogP contribution is 2.26. The fourth-order valence-electron chi connectivity index (χ4n) is 1.95. The fraction of sp³-hybridized carbons (Fsp3) is 0.357. The smallest absolute Gasteiger partial charge is 0.248 e. The van der Waals surface area contributed by atoms with Gasteiger partial charge in [0, 0.05) is 18.5 Å². The number of carbonyl (C=O) groups is 2. The third-order valence-corrected chi connectivity index (χ3v) is 4.04. The number of hydrazine groups is 1. The van der Waals surface area contributed by atoms with Gasteiger partial charge in [-0.05, 0) is 24.6 Å². The van der Waals surface area contributed by atoms with Gasteiger partial charge in [0.05, 0.1) is 16.8 Å². The number of aromatic nitrogens is 2. The van der Waals surface area contributed by atoms with Gasteiger partial charge in [0.2, 0.25) is 11.8 Å². The molecule has 0 fully saturated rings. The quantitative estimate of drug-likeness (QED) is 0.647. The number of hydrogen-bond acceptors (Lipinski definition) is 4. The van der Waals surface area contributed by atoms with E-state index in [9.17, 15) is 9.59 Å². The van der Waals surface area contributed by atoms with Gasteiger partial charge in [-0.3, -0.25) is 20.4 Å². The van der Waals surface area contributed by atoms with E-state index in [1.807, 2.05) is 18.2 Å². The molecular weight excluding hydrogens is 324 g/mol. The lowest BCUT2D eigenvalue weighted by molar-refractivity contribution is -0.126. The van der Waals surface area contributed by atoms with Crippen LogP contribution in [0.3, 0.4) is 0 Å². The summed E-state index contributed by atoms with van der Waals surface area (Å²) in [4.78, 5) is 26.9. The van der Waals surface area contributed by atoms with Crippen LogP contribution in [-0.4, -0.2) is 27.1 Å². The summed E-state index contributed by atoms with van der Waals surface area (Å²) in [5.41, 5.74) is 6.40. The molecule has 0 unspecified atom stereocenters. The minimum Gasteiger partial charge on any atom is -0.319 e. The maximum absolute atomic E-state index is 11.7. The molecule has 0 saturated carbocycles. The Balaban J connectivity index is 2.14. The lowest BCUT2D eigenvalue weighted by Crippen LogP contribution is -2.41. The molecule has 118 valence electrons. The summed E-state index contributed by atoms with van der Waals surface area (Å²) in [7, 11) is 0. The van der Waals surface area contributed by atoms with Crippen molar-refractivity contribution in [1.82, 2.24) is 20.4 Å². The van der Waals surface area contributed by atoms with E-state index in [1.165, 1.54) is 18.7 Å². The Morgan fingerprint density at radius 3 is 2.82 bits per heavy atom. The lowest BCUT2D eigenvalue weighted by atomic mass is 10.3. The second kappa shape index (κ2) is 7.51. The highest BCUT2D eigenvalue weighted by molar-refractivity contribution is 7.99. The molecule has 2 rings (SSSR count). The van der Waals surface area contributed by atoms with Crippen molar-refractivity contribution >= 4 is 46.2 Å². The fourth-order valence-corrected chi connectivity index (χ4v) is 2.96. The van der Waals surface area contributed by atoms with E-state index >= 15 is 0 Å². The van der Waals surface area contributed by atoms with Crippen molar-refractivity contribution in [3.05, 3.63) is 23.2 Å². The number of benzene rings is 1. The number of halogens is 1. The first-order chi connectivity index (χ1) is 10.5. The van der Waals surface area contributed by atoms with Crippen molar-refractivity contribution in [3.63, 3.8) is 0 Å². The second-order valence-electron chi connectivity index (χ2n) is 4.70. The highest BCUT2D eigenvalue weighted by Gasteiger charge is 2.13. The molecule has 0 aliphatic rings. The molecule has 6 nitrogen and oxygen atoms in total. The number of thioether (sulfide) groups is 1. The van der Waals surface area contributed by atoms with Crippen LogP contribution in [0.4, 0.5) is 0 Å². The zero-order valence-electron chi connectivity index (χ0n) is 12.4. The van der Waals surface area contributed by atoms with Crippen LogP contribution in [0.2, 0.25) is 5.02 Å². The maximum Gasteiger partial charge on any atom is 0.248 e. The Morgan fingerprint density at radius 2 is 2.14 bits per heavy atom. The van der Waals surface area contributed by atoms with Crippen molar-refractivity contribution < 1.29 is 9.59 Å². The number of nitrogens with one attached hydrogen (secondary N) is 2. The van der Waals surface area contributed by atoms with Gasteiger partial charge in [-0.1, -0.05) is 30.3 Å². The highest BCUT2D eigenvalue weighted by atomic mass is 35.5. The molecule has 2 amide bonds. The molecule has 0 atom stereocenters. The van der Waals surface area contributed by atoms with Gasteiger partial charge < -0.3 is 4.57 Å². The number of carbonyl (C=O) groups excluding carboxylic acids is 2. The summed E-state index contributed by atoms with van der Waals surface area (Å²) in [6, 6.07) is 5.57. The van der Waals surface area contributed by atoms with E-state index in [1.54, 1.807) is 0 Å². The number of imidazole rings is 1. The molecule has 1 aromatic carbocycles. The monoisotopic (exact) mass is 340 g/mol. The zero-order chi connectivity index (χ0) is 16.1. The maximum atomic E-state index is 11.7. The Bertz CT molecular complexity index is 701. The number of fused-ring (bicyclic) bond motifs is 1. The third kappa shape index (κ3) is 4.14. The second-order valence-corrected chi connectivity index (χ2v) is 6.08. The molecule has 0 spiro atoms. The molecule has 0 aliphatic carbocycles. The largest absolute Gasteiger partial charge is 0.319 e. The molecule has 2 N–H and O–H groups in total. The van der Waals surface area contributed by atoms with Crippen LogP contribution >= 0.6 is 23.4 Å². The van der Waals surface area contributed by atoms with Crippen LogP contribution in [0, 0.1) is 0 Å². The molecule has 1 aromatic heterocycles. The van der Waals surface area contributed by atoms with E-state index < -0.39 is 0 Å². The van der Waals surface area contributed by atoms with Crippen LogP contribution in [0.25, 0.3) is 11.0 Å².